The van der Waals surface area contributed by atoms with Crippen molar-refractivity contribution < 1.29 is 65.2 Å². The smallest absolute Gasteiger partial charge is 0.343 e. The lowest BCUT2D eigenvalue weighted by Gasteiger charge is -2.10. The van der Waals surface area contributed by atoms with Crippen molar-refractivity contribution in [2.75, 3.05) is 13.2 Å². The number of hydrogen-bond acceptors (Lipinski definition) is 10. The average molecular weight is 767 g/mol. The number of rotatable bonds is 13. The standard InChI is InChI=1S/C42H26F4O10/c43-33-3-1-5-35(37(33)45)55-41(49)27-11-19-31(20-12-27)53-39(47)25-7-15-29(16-8-25)51-23-24-52-30-17-9-26(10-18-30)40(48)54-32-21-13-28(14-22-32)42(50)56-36-6-2-4-34(44)38(36)46/h1-22H,23-24H2. The fraction of sp³-hybridized carbons (Fsp3) is 0.0476. The molecule has 0 atom stereocenters. The number of carbonyl (C=O) groups excluding carboxylic acids is 4. The maximum atomic E-state index is 13.8. The molecule has 0 saturated carbocycles. The van der Waals surface area contributed by atoms with E-state index < -0.39 is 58.6 Å². The molecule has 0 aromatic heterocycles. The molecule has 0 spiro atoms. The maximum absolute atomic E-state index is 13.8. The minimum Gasteiger partial charge on any atom is -0.490 e. The summed E-state index contributed by atoms with van der Waals surface area (Å²) in [4.78, 5) is 49.8. The Balaban J connectivity index is 0.906. The predicted molar refractivity (Wildman–Crippen MR) is 189 cm³/mol. The zero-order chi connectivity index (χ0) is 39.6. The van der Waals surface area contributed by atoms with Gasteiger partial charge in [-0.2, -0.15) is 8.78 Å². The van der Waals surface area contributed by atoms with Crippen molar-refractivity contribution in [2.24, 2.45) is 0 Å². The van der Waals surface area contributed by atoms with E-state index in [1.165, 1.54) is 84.9 Å². The van der Waals surface area contributed by atoms with Gasteiger partial charge in [-0.05, 0) is 121 Å². The van der Waals surface area contributed by atoms with E-state index in [4.69, 9.17) is 28.4 Å². The Bertz CT molecular complexity index is 2200. The summed E-state index contributed by atoms with van der Waals surface area (Å²) in [7, 11) is 0. The minimum absolute atomic E-state index is 0.0200. The van der Waals surface area contributed by atoms with Gasteiger partial charge in [-0.15, -0.1) is 0 Å². The summed E-state index contributed by atoms with van der Waals surface area (Å²) in [5.41, 5.74) is 0.474. The van der Waals surface area contributed by atoms with Gasteiger partial charge in [-0.3, -0.25) is 0 Å². The van der Waals surface area contributed by atoms with Crippen molar-refractivity contribution in [1.29, 1.82) is 0 Å². The highest BCUT2D eigenvalue weighted by Gasteiger charge is 2.17. The second kappa shape index (κ2) is 17.6. The summed E-state index contributed by atoms with van der Waals surface area (Å²) in [5, 5.41) is 0. The first-order chi connectivity index (χ1) is 27.0. The molecule has 0 aliphatic carbocycles. The SMILES string of the molecule is O=C(Oc1ccc(C(=O)Oc2cccc(F)c2F)cc1)c1ccc(OCCOc2ccc(C(=O)Oc3ccc(C(=O)Oc4cccc(F)c4F)cc3)cc2)cc1. The van der Waals surface area contributed by atoms with Gasteiger partial charge in [0.05, 0.1) is 22.3 Å². The van der Waals surface area contributed by atoms with Gasteiger partial charge in [0.25, 0.3) is 0 Å². The van der Waals surface area contributed by atoms with Crippen LogP contribution in [0, 0.1) is 23.3 Å². The van der Waals surface area contributed by atoms with Gasteiger partial charge in [-0.25, -0.2) is 28.0 Å². The number of benzene rings is 6. The van der Waals surface area contributed by atoms with Crippen LogP contribution in [0.15, 0.2) is 133 Å². The molecule has 0 heterocycles. The molecular weight excluding hydrogens is 740 g/mol. The molecule has 282 valence electrons. The van der Waals surface area contributed by atoms with Crippen molar-refractivity contribution in [3.8, 4) is 34.5 Å². The summed E-state index contributed by atoms with van der Waals surface area (Å²) < 4.78 is 86.2. The lowest BCUT2D eigenvalue weighted by Crippen LogP contribution is -2.12. The fourth-order valence-corrected chi connectivity index (χ4v) is 4.79. The Morgan fingerprint density at radius 1 is 0.357 bits per heavy atom. The molecule has 0 aliphatic rings. The van der Waals surface area contributed by atoms with E-state index in [2.05, 4.69) is 0 Å². The Labute approximate surface area is 315 Å². The molecule has 0 N–H and O–H groups in total. The molecule has 6 rings (SSSR count). The minimum atomic E-state index is -1.29. The molecule has 0 saturated heterocycles. The topological polar surface area (TPSA) is 124 Å². The van der Waals surface area contributed by atoms with E-state index in [1.54, 1.807) is 24.3 Å². The van der Waals surface area contributed by atoms with Crippen LogP contribution in [0.5, 0.6) is 34.5 Å². The zero-order valence-electron chi connectivity index (χ0n) is 28.7. The normalized spacial score (nSPS) is 10.6. The third kappa shape index (κ3) is 9.73. The van der Waals surface area contributed by atoms with E-state index in [1.807, 2.05) is 0 Å². The van der Waals surface area contributed by atoms with Crippen LogP contribution < -0.4 is 28.4 Å². The van der Waals surface area contributed by atoms with Crippen molar-refractivity contribution in [2.45, 2.75) is 0 Å². The molecule has 0 bridgehead atoms. The number of hydrogen-bond donors (Lipinski definition) is 0. The Kier molecular flexibility index (Phi) is 12.0. The van der Waals surface area contributed by atoms with Crippen molar-refractivity contribution in [3.05, 3.63) is 179 Å². The summed E-state index contributed by atoms with van der Waals surface area (Å²) in [6, 6.07) is 29.3. The summed E-state index contributed by atoms with van der Waals surface area (Å²) in [6.07, 6.45) is 0. The fourth-order valence-electron chi connectivity index (χ4n) is 4.79. The highest BCUT2D eigenvalue weighted by atomic mass is 19.2. The molecule has 0 radical (unpaired) electrons. The predicted octanol–water partition coefficient (Wildman–Crippen LogP) is 8.58. The molecule has 10 nitrogen and oxygen atoms in total. The van der Waals surface area contributed by atoms with Gasteiger partial charge >= 0.3 is 23.9 Å². The molecule has 56 heavy (non-hydrogen) atoms. The van der Waals surface area contributed by atoms with Gasteiger partial charge in [0, 0.05) is 0 Å². The first-order valence-electron chi connectivity index (χ1n) is 16.5. The maximum Gasteiger partial charge on any atom is 0.343 e. The van der Waals surface area contributed by atoms with Gasteiger partial charge in [0.2, 0.25) is 11.6 Å². The van der Waals surface area contributed by atoms with Crippen LogP contribution in [-0.4, -0.2) is 37.1 Å². The Morgan fingerprint density at radius 2 is 0.643 bits per heavy atom. The van der Waals surface area contributed by atoms with Crippen molar-refractivity contribution in [1.82, 2.24) is 0 Å². The molecule has 6 aromatic carbocycles. The van der Waals surface area contributed by atoms with Gasteiger partial charge in [0.15, 0.2) is 23.1 Å². The van der Waals surface area contributed by atoms with Crippen molar-refractivity contribution >= 4 is 23.9 Å². The first kappa shape index (κ1) is 38.3. The monoisotopic (exact) mass is 766 g/mol. The quantitative estimate of drug-likeness (QED) is 0.0489. The van der Waals surface area contributed by atoms with E-state index >= 15 is 0 Å². The van der Waals surface area contributed by atoms with Crippen molar-refractivity contribution in [3.63, 3.8) is 0 Å². The second-order valence-corrected chi connectivity index (χ2v) is 11.5. The van der Waals surface area contributed by atoms with Crippen LogP contribution in [0.4, 0.5) is 17.6 Å². The summed E-state index contributed by atoms with van der Waals surface area (Å²) >= 11 is 0. The van der Waals surface area contributed by atoms with Crippen LogP contribution in [0.1, 0.15) is 41.4 Å². The van der Waals surface area contributed by atoms with Crippen LogP contribution in [0.3, 0.4) is 0 Å². The molecule has 14 heteroatoms. The zero-order valence-corrected chi connectivity index (χ0v) is 28.7. The Hall–Kier alpha value is -7.48. The first-order valence-corrected chi connectivity index (χ1v) is 16.5. The summed E-state index contributed by atoms with van der Waals surface area (Å²) in [6.45, 7) is 0.296. The number of esters is 4. The van der Waals surface area contributed by atoms with Crippen LogP contribution >= 0.6 is 0 Å². The number of halogens is 4. The summed E-state index contributed by atoms with van der Waals surface area (Å²) in [5.74, 6) is -8.07. The highest BCUT2D eigenvalue weighted by Crippen LogP contribution is 2.24. The van der Waals surface area contributed by atoms with Crippen LogP contribution in [0.2, 0.25) is 0 Å². The van der Waals surface area contributed by atoms with Gasteiger partial charge < -0.3 is 28.4 Å². The van der Waals surface area contributed by atoms with Crippen LogP contribution in [0.25, 0.3) is 0 Å². The number of ether oxygens (including phenoxy) is 6. The second-order valence-electron chi connectivity index (χ2n) is 11.5. The number of carbonyl (C=O) groups is 4. The molecule has 6 aromatic rings. The lowest BCUT2D eigenvalue weighted by molar-refractivity contribution is 0.0714. The third-order valence-electron chi connectivity index (χ3n) is 7.64. The van der Waals surface area contributed by atoms with Gasteiger partial charge in [-0.1, -0.05) is 12.1 Å². The highest BCUT2D eigenvalue weighted by molar-refractivity contribution is 5.94. The molecule has 0 unspecified atom stereocenters. The van der Waals surface area contributed by atoms with Gasteiger partial charge in [0.1, 0.15) is 36.2 Å². The van der Waals surface area contributed by atoms with E-state index in [0.29, 0.717) is 11.5 Å². The molecule has 0 amide bonds. The van der Waals surface area contributed by atoms with E-state index in [0.717, 1.165) is 24.3 Å². The van der Waals surface area contributed by atoms with E-state index in [9.17, 15) is 36.7 Å². The average Bonchev–Trinajstić information content (AvgIpc) is 3.21. The van der Waals surface area contributed by atoms with E-state index in [-0.39, 0.29) is 47.0 Å². The molecule has 0 fully saturated rings. The lowest BCUT2D eigenvalue weighted by atomic mass is 10.2. The third-order valence-corrected chi connectivity index (χ3v) is 7.64. The Morgan fingerprint density at radius 3 is 0.964 bits per heavy atom. The largest absolute Gasteiger partial charge is 0.490 e. The molecular formula is C42H26F4O10. The van der Waals surface area contributed by atoms with Crippen LogP contribution in [-0.2, 0) is 0 Å². The molecule has 0 aliphatic heterocycles.